The number of hydrogen-bond acceptors (Lipinski definition) is 7. The highest BCUT2D eigenvalue weighted by molar-refractivity contribution is 7.91. The van der Waals surface area contributed by atoms with Crippen LogP contribution in [0.15, 0.2) is 77.0 Å². The monoisotopic (exact) mass is 411 g/mol. The summed E-state index contributed by atoms with van der Waals surface area (Å²) in [5.41, 5.74) is -0.318. The summed E-state index contributed by atoms with van der Waals surface area (Å²) in [4.78, 5) is 42.7. The predicted molar refractivity (Wildman–Crippen MR) is 103 cm³/mol. The van der Waals surface area contributed by atoms with Crippen LogP contribution in [0.3, 0.4) is 0 Å². The highest BCUT2D eigenvalue weighted by Crippen LogP contribution is 2.20. The van der Waals surface area contributed by atoms with E-state index in [-0.39, 0.29) is 10.7 Å². The van der Waals surface area contributed by atoms with E-state index in [0.717, 1.165) is 0 Å². The minimum atomic E-state index is -1.58. The lowest BCUT2D eigenvalue weighted by Gasteiger charge is -2.09. The Labute approximate surface area is 167 Å². The van der Waals surface area contributed by atoms with Gasteiger partial charge in [0.05, 0.1) is 16.1 Å². The molecule has 10 nitrogen and oxygen atoms in total. The lowest BCUT2D eigenvalue weighted by Crippen LogP contribution is -2.34. The van der Waals surface area contributed by atoms with Gasteiger partial charge in [-0.25, -0.2) is 4.79 Å². The molecular formula is C18H13N5O5S. The molecule has 11 heteroatoms. The van der Waals surface area contributed by atoms with Gasteiger partial charge >= 0.3 is 11.2 Å². The van der Waals surface area contributed by atoms with Gasteiger partial charge in [-0.05, 0) is 36.4 Å². The van der Waals surface area contributed by atoms with E-state index in [2.05, 4.69) is 15.3 Å². The van der Waals surface area contributed by atoms with Gasteiger partial charge in [-0.3, -0.25) is 20.2 Å². The summed E-state index contributed by atoms with van der Waals surface area (Å²) >= 11 is -1.58. The number of benzene rings is 2. The molecule has 29 heavy (non-hydrogen) atoms. The third-order valence-corrected chi connectivity index (χ3v) is 4.85. The van der Waals surface area contributed by atoms with Crippen molar-refractivity contribution in [1.82, 2.24) is 15.3 Å². The van der Waals surface area contributed by atoms with Crippen LogP contribution in [0.2, 0.25) is 0 Å². The van der Waals surface area contributed by atoms with Gasteiger partial charge in [0, 0.05) is 24.1 Å². The topological polar surface area (TPSA) is 150 Å². The molecule has 0 saturated carbocycles. The van der Waals surface area contributed by atoms with Crippen LogP contribution in [0.5, 0.6) is 0 Å². The first-order chi connectivity index (χ1) is 14.0. The van der Waals surface area contributed by atoms with Crippen LogP contribution in [-0.2, 0) is 11.2 Å². The summed E-state index contributed by atoms with van der Waals surface area (Å²) in [6.45, 7) is 0. The Hall–Kier alpha value is -3.83. The molecule has 1 aromatic heterocycles. The average Bonchev–Trinajstić information content (AvgIpc) is 2.74. The van der Waals surface area contributed by atoms with Gasteiger partial charge in [-0.15, -0.1) is 0 Å². The molecule has 146 valence electrons. The van der Waals surface area contributed by atoms with E-state index in [4.69, 9.17) is 0 Å². The van der Waals surface area contributed by atoms with Crippen molar-refractivity contribution in [2.75, 3.05) is 5.32 Å². The van der Waals surface area contributed by atoms with Gasteiger partial charge in [0.15, 0.2) is 4.90 Å². The lowest BCUT2D eigenvalue weighted by atomic mass is 10.1. The van der Waals surface area contributed by atoms with Crippen molar-refractivity contribution in [2.45, 2.75) is 10.1 Å². The van der Waals surface area contributed by atoms with E-state index in [0.29, 0.717) is 10.6 Å². The van der Waals surface area contributed by atoms with E-state index in [1.165, 1.54) is 60.9 Å². The summed E-state index contributed by atoms with van der Waals surface area (Å²) in [5, 5.41) is 15.6. The fraction of sp³-hybridized carbons (Fsp3) is 0. The van der Waals surface area contributed by atoms with E-state index < -0.39 is 33.7 Å². The SMILES string of the molecule is O=C(NC(=O)c1ccccc1[N+](=O)[O-])Nc1ccc([S+]([O-])c2ncccn2)cc1. The molecule has 2 N–H and O–H groups in total. The number of carbonyl (C=O) groups is 2. The van der Waals surface area contributed by atoms with Gasteiger partial charge in [0.2, 0.25) is 0 Å². The van der Waals surface area contributed by atoms with Crippen molar-refractivity contribution < 1.29 is 19.1 Å². The smallest absolute Gasteiger partial charge is 0.348 e. The largest absolute Gasteiger partial charge is 0.604 e. The maximum Gasteiger partial charge on any atom is 0.348 e. The van der Waals surface area contributed by atoms with Crippen molar-refractivity contribution in [2.24, 2.45) is 0 Å². The Bertz CT molecular complexity index is 1050. The molecule has 0 radical (unpaired) electrons. The van der Waals surface area contributed by atoms with Crippen LogP contribution in [0, 0.1) is 10.1 Å². The highest BCUT2D eigenvalue weighted by Gasteiger charge is 2.21. The normalized spacial score (nSPS) is 11.3. The van der Waals surface area contributed by atoms with Gasteiger partial charge in [0.25, 0.3) is 11.6 Å². The van der Waals surface area contributed by atoms with Crippen LogP contribution in [0.4, 0.5) is 16.2 Å². The number of hydrogen-bond donors (Lipinski definition) is 2. The maximum absolute atomic E-state index is 12.4. The number of carbonyl (C=O) groups excluding carboxylic acids is 2. The number of urea groups is 1. The van der Waals surface area contributed by atoms with E-state index in [1.54, 1.807) is 6.07 Å². The number of amides is 3. The number of anilines is 1. The summed E-state index contributed by atoms with van der Waals surface area (Å²) in [6.07, 6.45) is 2.96. The fourth-order valence-electron chi connectivity index (χ4n) is 2.31. The lowest BCUT2D eigenvalue weighted by molar-refractivity contribution is -0.385. The highest BCUT2D eigenvalue weighted by atomic mass is 32.2. The van der Waals surface area contributed by atoms with Gasteiger partial charge in [0.1, 0.15) is 5.56 Å². The molecule has 3 amide bonds. The number of nitro groups is 1. The number of imide groups is 1. The van der Waals surface area contributed by atoms with Crippen LogP contribution >= 0.6 is 0 Å². The predicted octanol–water partition coefficient (Wildman–Crippen LogP) is 2.51. The molecule has 1 unspecified atom stereocenters. The van der Waals surface area contributed by atoms with Crippen molar-refractivity contribution in [3.63, 3.8) is 0 Å². The standard InChI is InChI=1S/C18H13N5O5S/c24-16(14-4-1-2-5-15(14)23(26)27)22-17(25)21-12-6-8-13(9-7-12)29(28)18-19-10-3-11-20-18/h1-11H,(H2,21,22,24,25). The molecule has 0 aliphatic heterocycles. The number of nitrogens with zero attached hydrogens (tertiary/aromatic N) is 3. The summed E-state index contributed by atoms with van der Waals surface area (Å²) in [5.74, 6) is -0.909. The molecule has 3 aromatic rings. The molecule has 0 aliphatic rings. The number of nitrogens with one attached hydrogen (secondary N) is 2. The van der Waals surface area contributed by atoms with Crippen LogP contribution in [0.1, 0.15) is 10.4 Å². The average molecular weight is 411 g/mol. The molecular weight excluding hydrogens is 398 g/mol. The molecule has 1 atom stereocenters. The quantitative estimate of drug-likeness (QED) is 0.283. The van der Waals surface area contributed by atoms with E-state index in [9.17, 15) is 24.3 Å². The van der Waals surface area contributed by atoms with Gasteiger partial charge in [-0.2, -0.15) is 9.97 Å². The Morgan fingerprint density at radius 2 is 1.62 bits per heavy atom. The zero-order valence-corrected chi connectivity index (χ0v) is 15.5. The first-order valence-electron chi connectivity index (χ1n) is 8.10. The van der Waals surface area contributed by atoms with Crippen molar-refractivity contribution >= 4 is 34.5 Å². The number of nitro benzene ring substituents is 1. The Morgan fingerprint density at radius 3 is 2.28 bits per heavy atom. The van der Waals surface area contributed by atoms with Gasteiger partial charge in [-0.1, -0.05) is 12.1 Å². The maximum atomic E-state index is 12.4. The molecule has 0 bridgehead atoms. The summed E-state index contributed by atoms with van der Waals surface area (Å²) < 4.78 is 12.4. The van der Waals surface area contributed by atoms with Crippen molar-refractivity contribution in [3.8, 4) is 0 Å². The first kappa shape index (κ1) is 19.9. The van der Waals surface area contributed by atoms with Crippen molar-refractivity contribution in [1.29, 1.82) is 0 Å². The minimum Gasteiger partial charge on any atom is -0.604 e. The zero-order valence-electron chi connectivity index (χ0n) is 14.6. The van der Waals surface area contributed by atoms with Gasteiger partial charge < -0.3 is 9.87 Å². The zero-order chi connectivity index (χ0) is 20.8. The Kier molecular flexibility index (Phi) is 6.12. The molecule has 2 aromatic carbocycles. The van der Waals surface area contributed by atoms with Crippen molar-refractivity contribution in [3.05, 3.63) is 82.7 Å². The number of rotatable bonds is 5. The second-order valence-electron chi connectivity index (χ2n) is 5.51. The fourth-order valence-corrected chi connectivity index (χ4v) is 3.21. The molecule has 0 aliphatic carbocycles. The second kappa shape index (κ2) is 8.91. The molecule has 0 fully saturated rings. The summed E-state index contributed by atoms with van der Waals surface area (Å²) in [6, 6.07) is 12.1. The van der Waals surface area contributed by atoms with Crippen LogP contribution < -0.4 is 10.6 Å². The third kappa shape index (κ3) is 4.91. The summed E-state index contributed by atoms with van der Waals surface area (Å²) in [7, 11) is 0. The molecule has 0 spiro atoms. The number of para-hydroxylation sites is 1. The Morgan fingerprint density at radius 1 is 0.966 bits per heavy atom. The third-order valence-electron chi connectivity index (χ3n) is 3.61. The second-order valence-corrected chi connectivity index (χ2v) is 6.88. The van der Waals surface area contributed by atoms with E-state index in [1.807, 2.05) is 5.32 Å². The molecule has 1 heterocycles. The minimum absolute atomic E-state index is 0.154. The van der Waals surface area contributed by atoms with E-state index >= 15 is 0 Å². The molecule has 3 rings (SSSR count). The van der Waals surface area contributed by atoms with Crippen LogP contribution in [0.25, 0.3) is 0 Å². The molecule has 0 saturated heterocycles. The first-order valence-corrected chi connectivity index (χ1v) is 9.25. The van der Waals surface area contributed by atoms with Crippen LogP contribution in [-0.4, -0.2) is 31.4 Å². The number of aromatic nitrogens is 2. The Balaban J connectivity index is 1.64.